The molecule has 0 saturated carbocycles. The minimum atomic E-state index is -5.17. The van der Waals surface area contributed by atoms with Crippen LogP contribution in [-0.4, -0.2) is 17.5 Å². The lowest BCUT2D eigenvalue weighted by atomic mass is 10.2. The lowest BCUT2D eigenvalue weighted by molar-refractivity contribution is -0.121. The molecule has 0 spiro atoms. The van der Waals surface area contributed by atoms with Crippen molar-refractivity contribution in [3.8, 4) is 0 Å². The minimum absolute atomic E-state index is 0.361. The summed E-state index contributed by atoms with van der Waals surface area (Å²) >= 11 is 0. The lowest BCUT2D eigenvalue weighted by Gasteiger charge is -2.09. The van der Waals surface area contributed by atoms with E-state index in [4.69, 9.17) is 5.11 Å². The summed E-state index contributed by atoms with van der Waals surface area (Å²) in [7, 11) is 0. The Balaban J connectivity index is 4.99. The molecule has 0 atom stereocenters. The van der Waals surface area contributed by atoms with E-state index in [0.29, 0.717) is 6.08 Å². The third kappa shape index (κ3) is 3.71. The number of alkyl halides is 6. The van der Waals surface area contributed by atoms with Crippen LogP contribution < -0.4 is 0 Å². The fourth-order valence-corrected chi connectivity index (χ4v) is 0.558. The molecule has 1 N–H and O–H groups in total. The van der Waals surface area contributed by atoms with Gasteiger partial charge in [-0.2, -0.15) is 26.3 Å². The van der Waals surface area contributed by atoms with Crippen LogP contribution in [0.5, 0.6) is 0 Å². The van der Waals surface area contributed by atoms with Gasteiger partial charge in [-0.3, -0.25) is 0 Å². The van der Waals surface area contributed by atoms with Gasteiger partial charge in [0.25, 0.3) is 0 Å². The minimum Gasteiger partial charge on any atom is -0.504 e. The molecular weight excluding hydrogens is 214 g/mol. The Bertz CT molecular complexity index is 256. The summed E-state index contributed by atoms with van der Waals surface area (Å²) in [5.74, 6) is -2.28. The van der Waals surface area contributed by atoms with Crippen molar-refractivity contribution >= 4 is 0 Å². The van der Waals surface area contributed by atoms with Gasteiger partial charge in [0, 0.05) is 0 Å². The monoisotopic (exact) mass is 220 g/mol. The Morgan fingerprint density at radius 1 is 1.00 bits per heavy atom. The van der Waals surface area contributed by atoms with Crippen LogP contribution in [0, 0.1) is 0 Å². The highest BCUT2D eigenvalue weighted by atomic mass is 19.4. The molecule has 82 valence electrons. The van der Waals surface area contributed by atoms with E-state index < -0.39 is 23.7 Å². The summed E-state index contributed by atoms with van der Waals surface area (Å²) in [6, 6.07) is 0. The molecule has 0 aromatic carbocycles. The van der Waals surface area contributed by atoms with E-state index in [0.717, 1.165) is 6.92 Å². The fraction of sp³-hybridized carbons (Fsp3) is 0.429. The zero-order chi connectivity index (χ0) is 11.6. The second-order valence-electron chi connectivity index (χ2n) is 2.27. The Morgan fingerprint density at radius 3 is 1.64 bits per heavy atom. The smallest absolute Gasteiger partial charge is 0.448 e. The van der Waals surface area contributed by atoms with E-state index in [-0.39, 0.29) is 6.08 Å². The van der Waals surface area contributed by atoms with Crippen LogP contribution in [0.1, 0.15) is 6.92 Å². The summed E-state index contributed by atoms with van der Waals surface area (Å²) in [6.07, 6.45) is -10.0. The van der Waals surface area contributed by atoms with Gasteiger partial charge >= 0.3 is 12.4 Å². The van der Waals surface area contributed by atoms with Crippen LogP contribution in [0.4, 0.5) is 26.3 Å². The summed E-state index contributed by atoms with van der Waals surface area (Å²) in [5.41, 5.74) is -1.55. The zero-order valence-corrected chi connectivity index (χ0v) is 6.87. The number of allylic oxidation sites excluding steroid dienone is 4. The maximum Gasteiger partial charge on any atom is 0.448 e. The highest BCUT2D eigenvalue weighted by Gasteiger charge is 2.38. The van der Waals surface area contributed by atoms with Crippen molar-refractivity contribution < 1.29 is 31.4 Å². The normalized spacial score (nSPS) is 15.9. The van der Waals surface area contributed by atoms with Gasteiger partial charge in [-0.15, -0.1) is 0 Å². The zero-order valence-electron chi connectivity index (χ0n) is 6.87. The van der Waals surface area contributed by atoms with Crippen LogP contribution in [0.2, 0.25) is 0 Å². The summed E-state index contributed by atoms with van der Waals surface area (Å²) < 4.78 is 70.5. The Labute approximate surface area is 75.3 Å². The summed E-state index contributed by atoms with van der Waals surface area (Å²) in [6.45, 7) is 0.920. The van der Waals surface area contributed by atoms with Crippen LogP contribution in [0.15, 0.2) is 23.5 Å². The molecule has 0 fully saturated rings. The van der Waals surface area contributed by atoms with E-state index >= 15 is 0 Å². The van der Waals surface area contributed by atoms with Crippen molar-refractivity contribution in [3.05, 3.63) is 23.5 Å². The fourth-order valence-electron chi connectivity index (χ4n) is 0.558. The van der Waals surface area contributed by atoms with E-state index in [1.807, 2.05) is 0 Å². The second kappa shape index (κ2) is 3.93. The van der Waals surface area contributed by atoms with Gasteiger partial charge in [0.2, 0.25) is 0 Å². The van der Waals surface area contributed by atoms with Crippen LogP contribution >= 0.6 is 0 Å². The van der Waals surface area contributed by atoms with Gasteiger partial charge in [0.15, 0.2) is 5.76 Å². The molecule has 0 aliphatic heterocycles. The summed E-state index contributed by atoms with van der Waals surface area (Å²) in [4.78, 5) is 0. The lowest BCUT2D eigenvalue weighted by Crippen LogP contribution is -2.15. The first-order valence-electron chi connectivity index (χ1n) is 3.30. The van der Waals surface area contributed by atoms with Crippen molar-refractivity contribution in [1.29, 1.82) is 0 Å². The van der Waals surface area contributed by atoms with Crippen molar-refractivity contribution in [2.24, 2.45) is 0 Å². The molecule has 0 aliphatic rings. The molecule has 0 rings (SSSR count). The summed E-state index contributed by atoms with van der Waals surface area (Å²) in [5, 5.41) is 8.25. The molecule has 0 unspecified atom stereocenters. The standard InChI is InChI=1S/C7H6F6O/c1-2-4(6(8,9)10)3-5(14)7(11,12)13/h2-3,14H,1H3/b4-2+,5-3-. The van der Waals surface area contributed by atoms with Gasteiger partial charge in [0.05, 0.1) is 5.57 Å². The first-order valence-corrected chi connectivity index (χ1v) is 3.30. The second-order valence-corrected chi connectivity index (χ2v) is 2.27. The largest absolute Gasteiger partial charge is 0.504 e. The molecular formula is C7H6F6O. The maximum absolute atomic E-state index is 11.9. The molecule has 0 radical (unpaired) electrons. The van der Waals surface area contributed by atoms with Crippen LogP contribution in [0.3, 0.4) is 0 Å². The van der Waals surface area contributed by atoms with E-state index in [1.165, 1.54) is 0 Å². The van der Waals surface area contributed by atoms with Crippen LogP contribution in [-0.2, 0) is 0 Å². The van der Waals surface area contributed by atoms with Gasteiger partial charge < -0.3 is 5.11 Å². The molecule has 14 heavy (non-hydrogen) atoms. The number of rotatable bonds is 1. The van der Waals surface area contributed by atoms with E-state index in [2.05, 4.69) is 0 Å². The van der Waals surface area contributed by atoms with Gasteiger partial charge in [-0.25, -0.2) is 0 Å². The van der Waals surface area contributed by atoms with Gasteiger partial charge in [0.1, 0.15) is 0 Å². The van der Waals surface area contributed by atoms with E-state index in [1.54, 1.807) is 0 Å². The molecule has 0 aromatic rings. The third-order valence-corrected chi connectivity index (χ3v) is 1.22. The molecule has 0 heterocycles. The van der Waals surface area contributed by atoms with Crippen molar-refractivity contribution in [1.82, 2.24) is 0 Å². The van der Waals surface area contributed by atoms with Crippen molar-refractivity contribution in [2.45, 2.75) is 19.3 Å². The molecule has 0 bridgehead atoms. The van der Waals surface area contributed by atoms with Gasteiger partial charge in [-0.1, -0.05) is 6.08 Å². The Kier molecular flexibility index (Phi) is 3.61. The first kappa shape index (κ1) is 12.9. The van der Waals surface area contributed by atoms with E-state index in [9.17, 15) is 26.3 Å². The number of aliphatic hydroxyl groups excluding tert-OH is 1. The van der Waals surface area contributed by atoms with Crippen molar-refractivity contribution in [2.75, 3.05) is 0 Å². The average Bonchev–Trinajstić information content (AvgIpc) is 1.95. The SMILES string of the molecule is C/C=C(\C=C(/O)C(F)(F)F)C(F)(F)F. The predicted molar refractivity (Wildman–Crippen MR) is 36.6 cm³/mol. The average molecular weight is 220 g/mol. The van der Waals surface area contributed by atoms with Crippen LogP contribution in [0.25, 0.3) is 0 Å². The highest BCUT2D eigenvalue weighted by Crippen LogP contribution is 2.30. The molecule has 0 aromatic heterocycles. The number of hydrogen-bond acceptors (Lipinski definition) is 1. The Morgan fingerprint density at radius 2 is 1.43 bits per heavy atom. The van der Waals surface area contributed by atoms with Crippen molar-refractivity contribution in [3.63, 3.8) is 0 Å². The molecule has 0 amide bonds. The molecule has 0 saturated heterocycles. The predicted octanol–water partition coefficient (Wildman–Crippen LogP) is 3.50. The number of aliphatic hydroxyl groups is 1. The number of hydrogen-bond donors (Lipinski definition) is 1. The Hall–Kier alpha value is -1.14. The first-order chi connectivity index (χ1) is 6.09. The third-order valence-electron chi connectivity index (χ3n) is 1.22. The van der Waals surface area contributed by atoms with Gasteiger partial charge in [-0.05, 0) is 13.0 Å². The molecule has 7 heteroatoms. The highest BCUT2D eigenvalue weighted by molar-refractivity contribution is 5.26. The number of halogens is 6. The topological polar surface area (TPSA) is 20.2 Å². The quantitative estimate of drug-likeness (QED) is 0.407. The molecule has 1 nitrogen and oxygen atoms in total. The maximum atomic E-state index is 11.9. The molecule has 0 aliphatic carbocycles.